The van der Waals surface area contributed by atoms with E-state index in [2.05, 4.69) is 10.1 Å². The van der Waals surface area contributed by atoms with Gasteiger partial charge in [0.05, 0.1) is 16.5 Å². The molecule has 134 valence electrons. The van der Waals surface area contributed by atoms with Crippen molar-refractivity contribution in [1.29, 1.82) is 0 Å². The van der Waals surface area contributed by atoms with Crippen LogP contribution in [0.5, 0.6) is 11.6 Å². The monoisotopic (exact) mass is 384 g/mol. The average Bonchev–Trinajstić information content (AvgIpc) is 2.93. The first-order valence-electron chi connectivity index (χ1n) is 7.32. The molecule has 1 aromatic heterocycles. The third-order valence-electron chi connectivity index (χ3n) is 2.68. The van der Waals surface area contributed by atoms with E-state index in [1.165, 1.54) is 12.3 Å². The van der Waals surface area contributed by atoms with E-state index in [0.717, 1.165) is 4.68 Å². The SMILES string of the molecule is CC(N)=Nc1ccc(Oc2ccn(C(=O)OC(C)(C)C)n2)c(Cl)c1Cl. The van der Waals surface area contributed by atoms with Crippen molar-refractivity contribution in [3.63, 3.8) is 0 Å². The van der Waals surface area contributed by atoms with Gasteiger partial charge < -0.3 is 15.2 Å². The maximum absolute atomic E-state index is 11.9. The second kappa shape index (κ2) is 7.33. The van der Waals surface area contributed by atoms with Crippen molar-refractivity contribution >= 4 is 40.8 Å². The smallest absolute Gasteiger partial charge is 0.435 e. The zero-order valence-electron chi connectivity index (χ0n) is 14.2. The standard InChI is InChI=1S/C16H18Cl2N4O3/c1-9(19)20-10-5-6-11(14(18)13(10)17)24-12-7-8-22(21-12)15(23)25-16(2,3)4/h5-8H,1-4H3,(H2,19,20). The predicted octanol–water partition coefficient (Wildman–Crippen LogP) is 4.77. The fourth-order valence-electron chi connectivity index (χ4n) is 1.76. The number of hydrogen-bond donors (Lipinski definition) is 1. The summed E-state index contributed by atoms with van der Waals surface area (Å²) in [5, 5.41) is 4.37. The van der Waals surface area contributed by atoms with Crippen molar-refractivity contribution < 1.29 is 14.3 Å². The van der Waals surface area contributed by atoms with Crippen LogP contribution < -0.4 is 10.5 Å². The Balaban J connectivity index is 2.20. The van der Waals surface area contributed by atoms with Crippen molar-refractivity contribution in [1.82, 2.24) is 9.78 Å². The summed E-state index contributed by atoms with van der Waals surface area (Å²) in [6.45, 7) is 6.93. The van der Waals surface area contributed by atoms with Crippen molar-refractivity contribution in [3.8, 4) is 11.6 Å². The predicted molar refractivity (Wildman–Crippen MR) is 97.4 cm³/mol. The summed E-state index contributed by atoms with van der Waals surface area (Å²) in [5.74, 6) is 0.785. The number of amidine groups is 1. The lowest BCUT2D eigenvalue weighted by atomic mass is 10.2. The van der Waals surface area contributed by atoms with Crippen molar-refractivity contribution in [3.05, 3.63) is 34.4 Å². The zero-order chi connectivity index (χ0) is 18.8. The van der Waals surface area contributed by atoms with Crippen LogP contribution >= 0.6 is 23.2 Å². The Hall–Kier alpha value is -2.25. The van der Waals surface area contributed by atoms with Gasteiger partial charge in [0, 0.05) is 12.3 Å². The normalized spacial score (nSPS) is 12.2. The van der Waals surface area contributed by atoms with Crippen LogP contribution in [0.15, 0.2) is 29.4 Å². The molecule has 0 amide bonds. The summed E-state index contributed by atoms with van der Waals surface area (Å²) in [5.41, 5.74) is 5.34. The molecule has 0 saturated carbocycles. The summed E-state index contributed by atoms with van der Waals surface area (Å²) in [7, 11) is 0. The molecule has 0 spiro atoms. The van der Waals surface area contributed by atoms with Crippen LogP contribution in [-0.4, -0.2) is 27.3 Å². The van der Waals surface area contributed by atoms with E-state index in [4.69, 9.17) is 38.4 Å². The lowest BCUT2D eigenvalue weighted by molar-refractivity contribution is 0.0512. The van der Waals surface area contributed by atoms with E-state index in [9.17, 15) is 4.79 Å². The molecule has 0 aliphatic carbocycles. The van der Waals surface area contributed by atoms with Crippen LogP contribution in [0.1, 0.15) is 27.7 Å². The number of aliphatic imine (C=N–C) groups is 1. The Morgan fingerprint density at radius 2 is 1.92 bits per heavy atom. The first-order chi connectivity index (χ1) is 11.6. The number of rotatable bonds is 3. The largest absolute Gasteiger partial charge is 0.442 e. The molecule has 1 heterocycles. The minimum absolute atomic E-state index is 0.162. The summed E-state index contributed by atoms with van der Waals surface area (Å²) < 4.78 is 11.8. The molecule has 1 aromatic carbocycles. The molecule has 7 nitrogen and oxygen atoms in total. The number of carbonyl (C=O) groups excluding carboxylic acids is 1. The second-order valence-corrected chi connectivity index (χ2v) is 6.90. The Morgan fingerprint density at radius 3 is 2.52 bits per heavy atom. The van der Waals surface area contributed by atoms with Crippen LogP contribution in [0.4, 0.5) is 10.5 Å². The number of nitrogens with two attached hydrogens (primary N) is 1. The molecule has 0 unspecified atom stereocenters. The summed E-state index contributed by atoms with van der Waals surface area (Å²) in [4.78, 5) is 16.0. The van der Waals surface area contributed by atoms with Crippen LogP contribution in [0.2, 0.25) is 10.0 Å². The molecule has 0 saturated heterocycles. The number of nitrogens with zero attached hydrogens (tertiary/aromatic N) is 3. The van der Waals surface area contributed by atoms with E-state index in [0.29, 0.717) is 11.5 Å². The van der Waals surface area contributed by atoms with Crippen LogP contribution in [-0.2, 0) is 4.74 Å². The minimum atomic E-state index is -0.627. The topological polar surface area (TPSA) is 91.7 Å². The van der Waals surface area contributed by atoms with Crippen LogP contribution in [0, 0.1) is 0 Å². The van der Waals surface area contributed by atoms with Gasteiger partial charge in [-0.3, -0.25) is 0 Å². The maximum Gasteiger partial charge on any atom is 0.435 e. The van der Waals surface area contributed by atoms with Gasteiger partial charge in [-0.05, 0) is 39.8 Å². The highest BCUT2D eigenvalue weighted by Crippen LogP contribution is 2.40. The first kappa shape index (κ1) is 19.1. The van der Waals surface area contributed by atoms with Crippen LogP contribution in [0.25, 0.3) is 0 Å². The molecule has 2 N–H and O–H groups in total. The van der Waals surface area contributed by atoms with Gasteiger partial charge in [0.25, 0.3) is 0 Å². The molecule has 9 heteroatoms. The quantitative estimate of drug-likeness (QED) is 0.607. The summed E-state index contributed by atoms with van der Waals surface area (Å²) in [6.07, 6.45) is 0.810. The highest BCUT2D eigenvalue weighted by atomic mass is 35.5. The van der Waals surface area contributed by atoms with Gasteiger partial charge in [-0.2, -0.15) is 4.68 Å². The third kappa shape index (κ3) is 5.11. The van der Waals surface area contributed by atoms with E-state index < -0.39 is 11.7 Å². The average molecular weight is 385 g/mol. The maximum atomic E-state index is 11.9. The van der Waals surface area contributed by atoms with E-state index >= 15 is 0 Å². The molecule has 0 bridgehead atoms. The van der Waals surface area contributed by atoms with E-state index in [-0.39, 0.29) is 21.7 Å². The molecule has 0 aliphatic rings. The first-order valence-corrected chi connectivity index (χ1v) is 8.08. The second-order valence-electron chi connectivity index (χ2n) is 6.14. The molecule has 0 atom stereocenters. The van der Waals surface area contributed by atoms with Gasteiger partial charge >= 0.3 is 6.09 Å². The fraction of sp³-hybridized carbons (Fsp3) is 0.312. The summed E-state index contributed by atoms with van der Waals surface area (Å²) in [6, 6.07) is 4.71. The van der Waals surface area contributed by atoms with Crippen molar-refractivity contribution in [2.45, 2.75) is 33.3 Å². The van der Waals surface area contributed by atoms with Gasteiger partial charge in [0.1, 0.15) is 16.4 Å². The Labute approximate surface area is 155 Å². The highest BCUT2D eigenvalue weighted by molar-refractivity contribution is 6.44. The van der Waals surface area contributed by atoms with Gasteiger partial charge in [0.2, 0.25) is 5.88 Å². The molecular weight excluding hydrogens is 367 g/mol. The van der Waals surface area contributed by atoms with Crippen molar-refractivity contribution in [2.75, 3.05) is 0 Å². The van der Waals surface area contributed by atoms with E-state index in [1.807, 2.05) is 0 Å². The molecule has 2 aromatic rings. The molecular formula is C16H18Cl2N4O3. The molecule has 0 fully saturated rings. The molecule has 2 rings (SSSR count). The molecule has 0 radical (unpaired) electrons. The number of hydrogen-bond acceptors (Lipinski definition) is 5. The molecule has 0 aliphatic heterocycles. The van der Waals surface area contributed by atoms with Gasteiger partial charge in [-0.1, -0.05) is 23.2 Å². The number of halogens is 2. The van der Waals surface area contributed by atoms with Crippen molar-refractivity contribution in [2.24, 2.45) is 10.7 Å². The number of carbonyl (C=O) groups is 1. The fourth-order valence-corrected chi connectivity index (χ4v) is 2.16. The Kier molecular flexibility index (Phi) is 5.59. The van der Waals surface area contributed by atoms with Gasteiger partial charge in [0.15, 0.2) is 0 Å². The van der Waals surface area contributed by atoms with Gasteiger partial charge in [-0.25, -0.2) is 9.79 Å². The molecule has 25 heavy (non-hydrogen) atoms. The lowest BCUT2D eigenvalue weighted by Crippen LogP contribution is -2.27. The third-order valence-corrected chi connectivity index (χ3v) is 3.54. The minimum Gasteiger partial charge on any atom is -0.442 e. The number of aromatic nitrogens is 2. The lowest BCUT2D eigenvalue weighted by Gasteiger charge is -2.18. The Morgan fingerprint density at radius 1 is 1.24 bits per heavy atom. The zero-order valence-corrected chi connectivity index (χ0v) is 15.7. The summed E-state index contributed by atoms with van der Waals surface area (Å²) >= 11 is 12.4. The van der Waals surface area contributed by atoms with E-state index in [1.54, 1.807) is 39.8 Å². The Bertz CT molecular complexity index is 821. The number of benzene rings is 1. The number of ether oxygens (including phenoxy) is 2. The van der Waals surface area contributed by atoms with Crippen LogP contribution in [0.3, 0.4) is 0 Å². The highest BCUT2D eigenvalue weighted by Gasteiger charge is 2.19. The van der Waals surface area contributed by atoms with Gasteiger partial charge in [-0.15, -0.1) is 5.10 Å².